The van der Waals surface area contributed by atoms with Crippen molar-refractivity contribution in [3.8, 4) is 22.8 Å². The molecule has 0 spiro atoms. The van der Waals surface area contributed by atoms with Crippen LogP contribution in [0, 0.1) is 0 Å². The molecule has 1 aromatic heterocycles. The van der Waals surface area contributed by atoms with Crippen molar-refractivity contribution in [2.75, 3.05) is 12.8 Å². The highest BCUT2D eigenvalue weighted by atomic mass is 16.5. The number of anilines is 1. The molecule has 1 heterocycles. The molecule has 2 N–H and O–H groups in total. The molecular weight excluding hydrogens is 338 g/mol. The summed E-state index contributed by atoms with van der Waals surface area (Å²) in [7, 11) is 1.63. The summed E-state index contributed by atoms with van der Waals surface area (Å²) in [6.07, 6.45) is 1.56. The molecule has 0 fully saturated rings. The van der Waals surface area contributed by atoms with Crippen molar-refractivity contribution in [2.45, 2.75) is 6.61 Å². The van der Waals surface area contributed by atoms with Gasteiger partial charge in [-0.15, -0.1) is 0 Å². The van der Waals surface area contributed by atoms with E-state index in [0.717, 1.165) is 27.7 Å². The predicted octanol–water partition coefficient (Wildman–Crippen LogP) is 4.47. The third kappa shape index (κ3) is 3.53. The first-order chi connectivity index (χ1) is 13.2. The molecule has 0 bridgehead atoms. The SMILES string of the molecule is COc1cc2c(-c3ccc(N)cc3)ncnc2cc1OCc1ccccc1. The van der Waals surface area contributed by atoms with Crippen LogP contribution in [0.1, 0.15) is 5.56 Å². The molecule has 27 heavy (non-hydrogen) atoms. The molecule has 3 aromatic carbocycles. The minimum Gasteiger partial charge on any atom is -0.493 e. The van der Waals surface area contributed by atoms with E-state index in [4.69, 9.17) is 15.2 Å². The van der Waals surface area contributed by atoms with E-state index in [0.29, 0.717) is 23.8 Å². The van der Waals surface area contributed by atoms with E-state index in [2.05, 4.69) is 9.97 Å². The Balaban J connectivity index is 1.73. The van der Waals surface area contributed by atoms with Gasteiger partial charge in [-0.2, -0.15) is 0 Å². The molecule has 0 unspecified atom stereocenters. The van der Waals surface area contributed by atoms with Crippen molar-refractivity contribution in [1.29, 1.82) is 0 Å². The van der Waals surface area contributed by atoms with Crippen LogP contribution < -0.4 is 15.2 Å². The predicted molar refractivity (Wildman–Crippen MR) is 107 cm³/mol. The Kier molecular flexibility index (Phi) is 4.58. The van der Waals surface area contributed by atoms with Gasteiger partial charge in [0.2, 0.25) is 0 Å². The fraction of sp³-hybridized carbons (Fsp3) is 0.0909. The van der Waals surface area contributed by atoms with Crippen molar-refractivity contribution < 1.29 is 9.47 Å². The molecule has 5 heteroatoms. The molecule has 0 aliphatic rings. The number of rotatable bonds is 5. The number of benzene rings is 3. The van der Waals surface area contributed by atoms with Gasteiger partial charge in [-0.05, 0) is 23.8 Å². The lowest BCUT2D eigenvalue weighted by molar-refractivity contribution is 0.285. The van der Waals surface area contributed by atoms with E-state index in [9.17, 15) is 0 Å². The number of hydrogen-bond donors (Lipinski definition) is 1. The third-order valence-electron chi connectivity index (χ3n) is 4.34. The molecule has 0 aliphatic heterocycles. The molecule has 0 radical (unpaired) electrons. The number of hydrogen-bond acceptors (Lipinski definition) is 5. The Morgan fingerprint density at radius 3 is 2.41 bits per heavy atom. The summed E-state index contributed by atoms with van der Waals surface area (Å²) in [5, 5.41) is 0.895. The number of ether oxygens (including phenoxy) is 2. The fourth-order valence-corrected chi connectivity index (χ4v) is 2.94. The van der Waals surface area contributed by atoms with Gasteiger partial charge in [0.1, 0.15) is 12.9 Å². The van der Waals surface area contributed by atoms with Crippen LogP contribution in [0.25, 0.3) is 22.2 Å². The van der Waals surface area contributed by atoms with E-state index in [1.807, 2.05) is 66.7 Å². The van der Waals surface area contributed by atoms with Gasteiger partial charge in [0, 0.05) is 22.7 Å². The molecule has 134 valence electrons. The van der Waals surface area contributed by atoms with Crippen molar-refractivity contribution in [3.63, 3.8) is 0 Å². The Bertz CT molecular complexity index is 1060. The highest BCUT2D eigenvalue weighted by molar-refractivity contribution is 5.94. The van der Waals surface area contributed by atoms with Gasteiger partial charge < -0.3 is 15.2 Å². The summed E-state index contributed by atoms with van der Waals surface area (Å²) in [5.74, 6) is 1.29. The number of methoxy groups -OCH3 is 1. The van der Waals surface area contributed by atoms with Crippen LogP contribution >= 0.6 is 0 Å². The van der Waals surface area contributed by atoms with Crippen LogP contribution in [-0.4, -0.2) is 17.1 Å². The van der Waals surface area contributed by atoms with E-state index in [1.54, 1.807) is 13.4 Å². The Hall–Kier alpha value is -3.60. The van der Waals surface area contributed by atoms with Gasteiger partial charge in [0.05, 0.1) is 18.3 Å². The molecule has 4 rings (SSSR count). The average Bonchev–Trinajstić information content (AvgIpc) is 2.72. The minimum absolute atomic E-state index is 0.457. The second kappa shape index (κ2) is 7.33. The largest absolute Gasteiger partial charge is 0.493 e. The van der Waals surface area contributed by atoms with E-state index >= 15 is 0 Å². The molecule has 0 saturated heterocycles. The summed E-state index contributed by atoms with van der Waals surface area (Å²) in [6, 6.07) is 21.4. The summed E-state index contributed by atoms with van der Waals surface area (Å²) in [6.45, 7) is 0.457. The van der Waals surface area contributed by atoms with Gasteiger partial charge in [-0.3, -0.25) is 0 Å². The summed E-state index contributed by atoms with van der Waals surface area (Å²) in [4.78, 5) is 8.86. The number of nitrogens with two attached hydrogens (primary N) is 1. The van der Waals surface area contributed by atoms with Crippen LogP contribution in [0.3, 0.4) is 0 Å². The normalized spacial score (nSPS) is 10.7. The van der Waals surface area contributed by atoms with Crippen molar-refractivity contribution in [1.82, 2.24) is 9.97 Å². The summed E-state index contributed by atoms with van der Waals surface area (Å²) in [5.41, 5.74) is 10.2. The van der Waals surface area contributed by atoms with Crippen LogP contribution in [-0.2, 0) is 6.61 Å². The Morgan fingerprint density at radius 1 is 0.889 bits per heavy atom. The molecule has 0 saturated carbocycles. The first kappa shape index (κ1) is 16.8. The highest BCUT2D eigenvalue weighted by Crippen LogP contribution is 2.35. The molecule has 5 nitrogen and oxygen atoms in total. The van der Waals surface area contributed by atoms with E-state index < -0.39 is 0 Å². The van der Waals surface area contributed by atoms with Crippen LogP contribution in [0.4, 0.5) is 5.69 Å². The van der Waals surface area contributed by atoms with Crippen molar-refractivity contribution in [3.05, 3.63) is 78.6 Å². The highest BCUT2D eigenvalue weighted by Gasteiger charge is 2.13. The smallest absolute Gasteiger partial charge is 0.163 e. The van der Waals surface area contributed by atoms with Crippen LogP contribution in [0.2, 0.25) is 0 Å². The molecule has 0 aliphatic carbocycles. The van der Waals surface area contributed by atoms with Gasteiger partial charge in [-0.1, -0.05) is 42.5 Å². The maximum Gasteiger partial charge on any atom is 0.163 e. The zero-order valence-electron chi connectivity index (χ0n) is 14.9. The maximum atomic E-state index is 5.98. The molecule has 0 atom stereocenters. The minimum atomic E-state index is 0.457. The zero-order chi connectivity index (χ0) is 18.6. The summed E-state index contributed by atoms with van der Waals surface area (Å²) < 4.78 is 11.5. The van der Waals surface area contributed by atoms with Gasteiger partial charge >= 0.3 is 0 Å². The lowest BCUT2D eigenvalue weighted by Gasteiger charge is -2.13. The average molecular weight is 357 g/mol. The molecule has 0 amide bonds. The monoisotopic (exact) mass is 357 g/mol. The van der Waals surface area contributed by atoms with E-state index in [1.165, 1.54) is 0 Å². The second-order valence-electron chi connectivity index (χ2n) is 6.14. The van der Waals surface area contributed by atoms with Crippen LogP contribution in [0.15, 0.2) is 73.1 Å². The quantitative estimate of drug-likeness (QED) is 0.534. The van der Waals surface area contributed by atoms with Gasteiger partial charge in [-0.25, -0.2) is 9.97 Å². The Labute approximate surface area is 157 Å². The number of aromatic nitrogens is 2. The lowest BCUT2D eigenvalue weighted by Crippen LogP contribution is -1.99. The zero-order valence-corrected chi connectivity index (χ0v) is 14.9. The second-order valence-corrected chi connectivity index (χ2v) is 6.14. The molecular formula is C22H19N3O2. The standard InChI is InChI=1S/C22H19N3O2/c1-26-20-11-18-19(12-21(20)27-13-15-5-3-2-4-6-15)24-14-25-22(18)16-7-9-17(23)10-8-16/h2-12,14H,13,23H2,1H3. The van der Waals surface area contributed by atoms with Crippen LogP contribution in [0.5, 0.6) is 11.5 Å². The Morgan fingerprint density at radius 2 is 1.67 bits per heavy atom. The topological polar surface area (TPSA) is 70.3 Å². The van der Waals surface area contributed by atoms with Crippen molar-refractivity contribution >= 4 is 16.6 Å². The first-order valence-electron chi connectivity index (χ1n) is 8.60. The number of fused-ring (bicyclic) bond motifs is 1. The summed E-state index contributed by atoms with van der Waals surface area (Å²) >= 11 is 0. The molecule has 4 aromatic rings. The van der Waals surface area contributed by atoms with Gasteiger partial charge in [0.25, 0.3) is 0 Å². The lowest BCUT2D eigenvalue weighted by atomic mass is 10.1. The maximum absolute atomic E-state index is 5.98. The number of nitrogens with zero attached hydrogens (tertiary/aromatic N) is 2. The first-order valence-corrected chi connectivity index (χ1v) is 8.60. The fourth-order valence-electron chi connectivity index (χ4n) is 2.94. The third-order valence-corrected chi connectivity index (χ3v) is 4.34. The number of nitrogen functional groups attached to an aromatic ring is 1. The van der Waals surface area contributed by atoms with Gasteiger partial charge in [0.15, 0.2) is 11.5 Å². The van der Waals surface area contributed by atoms with E-state index in [-0.39, 0.29) is 0 Å². The van der Waals surface area contributed by atoms with Crippen molar-refractivity contribution in [2.24, 2.45) is 0 Å².